The summed E-state index contributed by atoms with van der Waals surface area (Å²) in [7, 11) is 0. The molecule has 0 spiro atoms. The van der Waals surface area contributed by atoms with Crippen molar-refractivity contribution in [1.82, 2.24) is 9.97 Å². The van der Waals surface area contributed by atoms with Gasteiger partial charge in [0.15, 0.2) is 0 Å². The summed E-state index contributed by atoms with van der Waals surface area (Å²) in [5, 5.41) is 0. The highest BCUT2D eigenvalue weighted by Crippen LogP contribution is 2.23. The number of nitrogens with zero attached hydrogens (tertiary/aromatic N) is 1. The number of nitrogens with one attached hydrogen (secondary N) is 1. The largest absolute Gasteiger partial charge is 0.343 e. The number of rotatable bonds is 2. The molecular weight excluding hydrogens is 235 g/mol. The molecular formula is C13H13FN2S. The third-order valence-corrected chi connectivity index (χ3v) is 2.89. The molecule has 0 bridgehead atoms. The summed E-state index contributed by atoms with van der Waals surface area (Å²) in [6, 6.07) is 6.78. The lowest BCUT2D eigenvalue weighted by molar-refractivity contribution is 0.619. The van der Waals surface area contributed by atoms with E-state index in [2.05, 4.69) is 9.97 Å². The predicted octanol–water partition coefficient (Wildman–Crippen LogP) is 3.82. The van der Waals surface area contributed by atoms with Gasteiger partial charge in [-0.05, 0) is 24.6 Å². The summed E-state index contributed by atoms with van der Waals surface area (Å²) < 4.78 is 14.0. The fourth-order valence-corrected chi connectivity index (χ4v) is 1.95. The van der Waals surface area contributed by atoms with Gasteiger partial charge in [0.1, 0.15) is 16.3 Å². The SMILES string of the molecule is CCc1nc(=S)cc(-c2cccc(F)c2C)[nH]1. The average Bonchev–Trinajstić information content (AvgIpc) is 2.31. The first-order chi connectivity index (χ1) is 8.11. The van der Waals surface area contributed by atoms with Crippen LogP contribution in [0.25, 0.3) is 11.3 Å². The van der Waals surface area contributed by atoms with Crippen LogP contribution in [0.2, 0.25) is 0 Å². The maximum atomic E-state index is 13.5. The molecule has 0 aliphatic heterocycles. The molecule has 1 heterocycles. The topological polar surface area (TPSA) is 28.7 Å². The van der Waals surface area contributed by atoms with Crippen molar-refractivity contribution in [3.05, 3.63) is 46.1 Å². The van der Waals surface area contributed by atoms with Crippen LogP contribution in [0.1, 0.15) is 18.3 Å². The molecule has 0 radical (unpaired) electrons. The van der Waals surface area contributed by atoms with Crippen LogP contribution in [0.15, 0.2) is 24.3 Å². The van der Waals surface area contributed by atoms with Crippen molar-refractivity contribution in [2.75, 3.05) is 0 Å². The monoisotopic (exact) mass is 248 g/mol. The van der Waals surface area contributed by atoms with Crippen molar-refractivity contribution < 1.29 is 4.39 Å². The minimum atomic E-state index is -0.211. The van der Waals surface area contributed by atoms with Crippen molar-refractivity contribution in [2.45, 2.75) is 20.3 Å². The van der Waals surface area contributed by atoms with Gasteiger partial charge in [0.2, 0.25) is 0 Å². The van der Waals surface area contributed by atoms with Crippen LogP contribution in [-0.4, -0.2) is 9.97 Å². The van der Waals surface area contributed by atoms with Gasteiger partial charge in [-0.15, -0.1) is 0 Å². The van der Waals surface area contributed by atoms with Gasteiger partial charge in [-0.25, -0.2) is 9.37 Å². The maximum absolute atomic E-state index is 13.5. The van der Waals surface area contributed by atoms with E-state index in [1.807, 2.05) is 13.0 Å². The van der Waals surface area contributed by atoms with E-state index in [0.29, 0.717) is 10.2 Å². The average molecular weight is 248 g/mol. The highest BCUT2D eigenvalue weighted by Gasteiger charge is 2.07. The Kier molecular flexibility index (Phi) is 3.33. The van der Waals surface area contributed by atoms with Gasteiger partial charge in [0.05, 0.1) is 5.69 Å². The Morgan fingerprint density at radius 1 is 1.41 bits per heavy atom. The first-order valence-electron chi connectivity index (χ1n) is 5.47. The van der Waals surface area contributed by atoms with Gasteiger partial charge in [-0.3, -0.25) is 0 Å². The second kappa shape index (κ2) is 4.75. The Hall–Kier alpha value is -1.55. The summed E-state index contributed by atoms with van der Waals surface area (Å²) >= 11 is 5.10. The van der Waals surface area contributed by atoms with Gasteiger partial charge >= 0.3 is 0 Å². The first kappa shape index (κ1) is 11.9. The Balaban J connectivity index is 2.64. The summed E-state index contributed by atoms with van der Waals surface area (Å²) in [6.45, 7) is 3.75. The van der Waals surface area contributed by atoms with Crippen LogP contribution in [0.5, 0.6) is 0 Å². The number of hydrogen-bond acceptors (Lipinski definition) is 2. The number of H-pyrrole nitrogens is 1. The molecule has 0 atom stereocenters. The summed E-state index contributed by atoms with van der Waals surface area (Å²) in [6.07, 6.45) is 0.770. The van der Waals surface area contributed by atoms with Crippen LogP contribution in [0.3, 0.4) is 0 Å². The molecule has 2 aromatic rings. The molecule has 0 fully saturated rings. The van der Waals surface area contributed by atoms with E-state index < -0.39 is 0 Å². The van der Waals surface area contributed by atoms with E-state index in [4.69, 9.17) is 12.2 Å². The number of halogens is 1. The van der Waals surface area contributed by atoms with Gasteiger partial charge in [-0.1, -0.05) is 31.3 Å². The van der Waals surface area contributed by atoms with E-state index in [9.17, 15) is 4.39 Å². The van der Waals surface area contributed by atoms with E-state index in [-0.39, 0.29) is 5.82 Å². The summed E-state index contributed by atoms with van der Waals surface area (Å²) in [5.41, 5.74) is 2.26. The minimum Gasteiger partial charge on any atom is -0.343 e. The zero-order valence-corrected chi connectivity index (χ0v) is 10.6. The third-order valence-electron chi connectivity index (χ3n) is 2.68. The summed E-state index contributed by atoms with van der Waals surface area (Å²) in [4.78, 5) is 7.37. The van der Waals surface area contributed by atoms with Crippen LogP contribution in [0.4, 0.5) is 4.39 Å². The number of aromatic amines is 1. The second-order valence-electron chi connectivity index (χ2n) is 3.85. The Morgan fingerprint density at radius 2 is 2.18 bits per heavy atom. The molecule has 2 rings (SSSR count). The quantitative estimate of drug-likeness (QED) is 0.818. The second-order valence-corrected chi connectivity index (χ2v) is 4.26. The fourth-order valence-electron chi connectivity index (χ4n) is 1.72. The summed E-state index contributed by atoms with van der Waals surface area (Å²) in [5.74, 6) is 0.604. The van der Waals surface area contributed by atoms with Gasteiger partial charge < -0.3 is 4.98 Å². The molecule has 0 aliphatic rings. The smallest absolute Gasteiger partial charge is 0.130 e. The molecule has 2 nitrogen and oxygen atoms in total. The van der Waals surface area contributed by atoms with Crippen molar-refractivity contribution in [2.24, 2.45) is 0 Å². The molecule has 1 aromatic heterocycles. The van der Waals surface area contributed by atoms with Crippen molar-refractivity contribution in [3.63, 3.8) is 0 Å². The number of aromatic nitrogens is 2. The zero-order chi connectivity index (χ0) is 12.4. The van der Waals surface area contributed by atoms with E-state index in [1.54, 1.807) is 19.1 Å². The minimum absolute atomic E-state index is 0.211. The van der Waals surface area contributed by atoms with Crippen LogP contribution in [0, 0.1) is 17.4 Å². The van der Waals surface area contributed by atoms with Crippen molar-refractivity contribution in [3.8, 4) is 11.3 Å². The Bertz CT molecular complexity index is 605. The van der Waals surface area contributed by atoms with Crippen LogP contribution < -0.4 is 0 Å². The first-order valence-corrected chi connectivity index (χ1v) is 5.88. The van der Waals surface area contributed by atoms with Crippen molar-refractivity contribution >= 4 is 12.2 Å². The van der Waals surface area contributed by atoms with Crippen molar-refractivity contribution in [1.29, 1.82) is 0 Å². The van der Waals surface area contributed by atoms with Gasteiger partial charge in [-0.2, -0.15) is 0 Å². The number of hydrogen-bond donors (Lipinski definition) is 1. The van der Waals surface area contributed by atoms with Gasteiger partial charge in [0, 0.05) is 12.0 Å². The molecule has 0 saturated carbocycles. The van der Waals surface area contributed by atoms with E-state index in [0.717, 1.165) is 23.5 Å². The number of benzene rings is 1. The number of aryl methyl sites for hydroxylation is 1. The third kappa shape index (κ3) is 2.42. The molecule has 17 heavy (non-hydrogen) atoms. The molecule has 1 aromatic carbocycles. The molecule has 0 saturated heterocycles. The molecule has 1 N–H and O–H groups in total. The Morgan fingerprint density at radius 3 is 2.88 bits per heavy atom. The lowest BCUT2D eigenvalue weighted by Crippen LogP contribution is -1.97. The molecule has 4 heteroatoms. The van der Waals surface area contributed by atoms with Crippen LogP contribution in [-0.2, 0) is 6.42 Å². The lowest BCUT2D eigenvalue weighted by Gasteiger charge is -2.08. The fraction of sp³-hybridized carbons (Fsp3) is 0.231. The van der Waals surface area contributed by atoms with E-state index >= 15 is 0 Å². The van der Waals surface area contributed by atoms with E-state index in [1.165, 1.54) is 6.07 Å². The van der Waals surface area contributed by atoms with Gasteiger partial charge in [0.25, 0.3) is 0 Å². The standard InChI is InChI=1S/C13H13FN2S/c1-3-12-15-11(7-13(17)16-12)9-5-4-6-10(14)8(9)2/h4-7H,3H2,1-2H3,(H,15,16,17). The molecule has 0 aliphatic carbocycles. The molecule has 0 amide bonds. The molecule has 88 valence electrons. The van der Waals surface area contributed by atoms with Crippen LogP contribution >= 0.6 is 12.2 Å². The highest BCUT2D eigenvalue weighted by atomic mass is 32.1. The predicted molar refractivity (Wildman–Crippen MR) is 68.9 cm³/mol. The highest BCUT2D eigenvalue weighted by molar-refractivity contribution is 7.71. The molecule has 0 unspecified atom stereocenters. The lowest BCUT2D eigenvalue weighted by atomic mass is 10.1. The zero-order valence-electron chi connectivity index (χ0n) is 9.75. The normalized spacial score (nSPS) is 10.5. The maximum Gasteiger partial charge on any atom is 0.130 e. The Labute approximate surface area is 105 Å².